The molecule has 0 aliphatic carbocycles. The summed E-state index contributed by atoms with van der Waals surface area (Å²) >= 11 is 17.9. The molecule has 0 fully saturated rings. The van der Waals surface area contributed by atoms with E-state index in [9.17, 15) is 0 Å². The number of benzene rings is 2. The molecule has 2 aromatic rings. The molecule has 19 heavy (non-hydrogen) atoms. The summed E-state index contributed by atoms with van der Waals surface area (Å²) in [4.78, 5) is 0. The van der Waals surface area contributed by atoms with E-state index in [2.05, 4.69) is 5.32 Å². The van der Waals surface area contributed by atoms with Gasteiger partial charge in [0, 0.05) is 22.3 Å². The van der Waals surface area contributed by atoms with Crippen molar-refractivity contribution in [2.75, 3.05) is 12.4 Å². The second kappa shape index (κ2) is 6.38. The molecule has 0 aliphatic heterocycles. The molecule has 100 valence electrons. The van der Waals surface area contributed by atoms with Crippen molar-refractivity contribution in [2.45, 2.75) is 6.54 Å². The molecular weight excluding hydrogens is 305 g/mol. The van der Waals surface area contributed by atoms with Crippen LogP contribution < -0.4 is 10.1 Å². The number of halogens is 3. The first kappa shape index (κ1) is 14.3. The van der Waals surface area contributed by atoms with Gasteiger partial charge in [0.2, 0.25) is 0 Å². The highest BCUT2D eigenvalue weighted by Crippen LogP contribution is 2.26. The zero-order valence-electron chi connectivity index (χ0n) is 10.2. The topological polar surface area (TPSA) is 21.3 Å². The van der Waals surface area contributed by atoms with Crippen molar-refractivity contribution in [3.8, 4) is 5.75 Å². The Morgan fingerprint density at radius 1 is 1.00 bits per heavy atom. The van der Waals surface area contributed by atoms with Gasteiger partial charge in [-0.15, -0.1) is 0 Å². The van der Waals surface area contributed by atoms with Crippen LogP contribution in [0.25, 0.3) is 0 Å². The van der Waals surface area contributed by atoms with Crippen molar-refractivity contribution in [3.05, 3.63) is 57.0 Å². The summed E-state index contributed by atoms with van der Waals surface area (Å²) in [5.41, 5.74) is 1.91. The lowest BCUT2D eigenvalue weighted by molar-refractivity contribution is 0.415. The third-order valence-electron chi connectivity index (χ3n) is 2.58. The molecule has 0 bridgehead atoms. The lowest BCUT2D eigenvalue weighted by atomic mass is 10.2. The summed E-state index contributed by atoms with van der Waals surface area (Å²) in [5.74, 6) is 0.663. The van der Waals surface area contributed by atoms with E-state index in [4.69, 9.17) is 39.5 Å². The molecule has 0 saturated carbocycles. The number of nitrogens with one attached hydrogen (secondary N) is 1. The Hall–Kier alpha value is -1.09. The molecular formula is C14H12Cl3NO. The van der Waals surface area contributed by atoms with Gasteiger partial charge in [0.1, 0.15) is 5.75 Å². The largest absolute Gasteiger partial charge is 0.495 e. The third-order valence-corrected chi connectivity index (χ3v) is 3.31. The normalized spacial score (nSPS) is 10.3. The van der Waals surface area contributed by atoms with E-state index in [0.29, 0.717) is 27.4 Å². The standard InChI is InChI=1S/C14H12Cl3NO/c1-19-14-3-2-9(4-13(14)17)8-18-12-6-10(15)5-11(16)7-12/h2-7,18H,8H2,1H3. The van der Waals surface area contributed by atoms with E-state index in [1.807, 2.05) is 30.3 Å². The Morgan fingerprint density at radius 2 is 1.68 bits per heavy atom. The highest BCUT2D eigenvalue weighted by Gasteiger charge is 2.02. The van der Waals surface area contributed by atoms with Gasteiger partial charge >= 0.3 is 0 Å². The SMILES string of the molecule is COc1ccc(CNc2cc(Cl)cc(Cl)c2)cc1Cl. The van der Waals surface area contributed by atoms with Crippen LogP contribution in [0.5, 0.6) is 5.75 Å². The van der Waals surface area contributed by atoms with E-state index in [1.54, 1.807) is 13.2 Å². The van der Waals surface area contributed by atoms with Gasteiger partial charge < -0.3 is 10.1 Å². The summed E-state index contributed by atoms with van der Waals surface area (Å²) in [6.45, 7) is 0.625. The molecule has 2 aromatic carbocycles. The number of methoxy groups -OCH3 is 1. The van der Waals surface area contributed by atoms with Crippen molar-refractivity contribution in [2.24, 2.45) is 0 Å². The average Bonchev–Trinajstić information content (AvgIpc) is 2.35. The van der Waals surface area contributed by atoms with E-state index in [0.717, 1.165) is 11.3 Å². The zero-order chi connectivity index (χ0) is 13.8. The maximum Gasteiger partial charge on any atom is 0.137 e. The quantitative estimate of drug-likeness (QED) is 0.830. The Morgan fingerprint density at radius 3 is 2.26 bits per heavy atom. The zero-order valence-corrected chi connectivity index (χ0v) is 12.5. The van der Waals surface area contributed by atoms with Crippen LogP contribution in [0.15, 0.2) is 36.4 Å². The predicted molar refractivity (Wildman–Crippen MR) is 81.8 cm³/mol. The minimum absolute atomic E-state index is 0.589. The average molecular weight is 317 g/mol. The molecule has 2 nitrogen and oxygen atoms in total. The molecule has 0 heterocycles. The lowest BCUT2D eigenvalue weighted by Gasteiger charge is -2.09. The van der Waals surface area contributed by atoms with Gasteiger partial charge in [-0.3, -0.25) is 0 Å². The van der Waals surface area contributed by atoms with Crippen LogP contribution in [-0.2, 0) is 6.54 Å². The van der Waals surface area contributed by atoms with Gasteiger partial charge in [-0.25, -0.2) is 0 Å². The Kier molecular flexibility index (Phi) is 4.81. The van der Waals surface area contributed by atoms with Crippen LogP contribution in [-0.4, -0.2) is 7.11 Å². The molecule has 0 unspecified atom stereocenters. The van der Waals surface area contributed by atoms with Gasteiger partial charge in [0.15, 0.2) is 0 Å². The number of rotatable bonds is 4. The van der Waals surface area contributed by atoms with Crippen molar-refractivity contribution in [1.82, 2.24) is 0 Å². The van der Waals surface area contributed by atoms with Crippen molar-refractivity contribution in [3.63, 3.8) is 0 Å². The smallest absolute Gasteiger partial charge is 0.137 e. The van der Waals surface area contributed by atoms with E-state index >= 15 is 0 Å². The first-order chi connectivity index (χ1) is 9.08. The number of ether oxygens (including phenoxy) is 1. The van der Waals surface area contributed by atoms with Crippen LogP contribution in [0.4, 0.5) is 5.69 Å². The first-order valence-corrected chi connectivity index (χ1v) is 6.74. The molecule has 5 heteroatoms. The fourth-order valence-corrected chi connectivity index (χ4v) is 2.49. The van der Waals surface area contributed by atoms with Gasteiger partial charge in [-0.2, -0.15) is 0 Å². The van der Waals surface area contributed by atoms with Crippen LogP contribution in [0.1, 0.15) is 5.56 Å². The molecule has 0 amide bonds. The Balaban J connectivity index is 2.08. The van der Waals surface area contributed by atoms with Gasteiger partial charge in [-0.05, 0) is 35.9 Å². The van der Waals surface area contributed by atoms with Gasteiger partial charge in [0.05, 0.1) is 12.1 Å². The fourth-order valence-electron chi connectivity index (χ4n) is 1.68. The predicted octanol–water partition coefficient (Wildman–Crippen LogP) is 5.27. The lowest BCUT2D eigenvalue weighted by Crippen LogP contribution is -1.99. The number of hydrogen-bond acceptors (Lipinski definition) is 2. The van der Waals surface area contributed by atoms with Crippen molar-refractivity contribution >= 4 is 40.5 Å². The minimum atomic E-state index is 0.589. The number of anilines is 1. The van der Waals surface area contributed by atoms with Crippen LogP contribution in [0.3, 0.4) is 0 Å². The highest BCUT2D eigenvalue weighted by atomic mass is 35.5. The van der Waals surface area contributed by atoms with E-state index in [1.165, 1.54) is 0 Å². The van der Waals surface area contributed by atoms with Crippen LogP contribution in [0.2, 0.25) is 15.1 Å². The van der Waals surface area contributed by atoms with E-state index < -0.39 is 0 Å². The summed E-state index contributed by atoms with van der Waals surface area (Å²) in [6, 6.07) is 11.0. The number of hydrogen-bond donors (Lipinski definition) is 1. The molecule has 0 aliphatic rings. The second-order valence-corrected chi connectivity index (χ2v) is 5.26. The highest BCUT2D eigenvalue weighted by molar-refractivity contribution is 6.35. The molecule has 2 rings (SSSR count). The molecule has 1 N–H and O–H groups in total. The Bertz CT molecular complexity index is 567. The molecule has 0 atom stereocenters. The maximum absolute atomic E-state index is 6.07. The summed E-state index contributed by atoms with van der Waals surface area (Å²) in [5, 5.41) is 5.03. The molecule has 0 radical (unpaired) electrons. The molecule has 0 saturated heterocycles. The minimum Gasteiger partial charge on any atom is -0.495 e. The molecule has 0 aromatic heterocycles. The van der Waals surface area contributed by atoms with E-state index in [-0.39, 0.29) is 0 Å². The molecule has 0 spiro atoms. The van der Waals surface area contributed by atoms with Gasteiger partial charge in [-0.1, -0.05) is 40.9 Å². The van der Waals surface area contributed by atoms with Crippen molar-refractivity contribution in [1.29, 1.82) is 0 Å². The summed E-state index contributed by atoms with van der Waals surface area (Å²) in [7, 11) is 1.59. The second-order valence-electron chi connectivity index (χ2n) is 3.98. The third kappa shape index (κ3) is 3.93. The maximum atomic E-state index is 6.07. The first-order valence-electron chi connectivity index (χ1n) is 5.61. The van der Waals surface area contributed by atoms with Crippen molar-refractivity contribution < 1.29 is 4.74 Å². The monoisotopic (exact) mass is 315 g/mol. The summed E-state index contributed by atoms with van der Waals surface area (Å²) < 4.78 is 5.11. The Labute approximate surface area is 127 Å². The van der Waals surface area contributed by atoms with Crippen LogP contribution >= 0.6 is 34.8 Å². The van der Waals surface area contributed by atoms with Crippen LogP contribution in [0, 0.1) is 0 Å². The van der Waals surface area contributed by atoms with Gasteiger partial charge in [0.25, 0.3) is 0 Å². The summed E-state index contributed by atoms with van der Waals surface area (Å²) in [6.07, 6.45) is 0. The fraction of sp³-hybridized carbons (Fsp3) is 0.143.